The van der Waals surface area contributed by atoms with Gasteiger partial charge in [0, 0.05) is 19.3 Å². The van der Waals surface area contributed by atoms with Crippen LogP contribution in [0.25, 0.3) is 0 Å². The molecule has 0 rings (SSSR count). The summed E-state index contributed by atoms with van der Waals surface area (Å²) in [5.74, 6) is -0.915. The van der Waals surface area contributed by atoms with Crippen molar-refractivity contribution < 1.29 is 28.6 Å². The third-order valence-corrected chi connectivity index (χ3v) is 12.3. The molecule has 0 aromatic rings. The van der Waals surface area contributed by atoms with E-state index in [-0.39, 0.29) is 31.1 Å². The van der Waals surface area contributed by atoms with Gasteiger partial charge < -0.3 is 14.2 Å². The largest absolute Gasteiger partial charge is 0.462 e. The second-order valence-electron chi connectivity index (χ2n) is 19.2. The van der Waals surface area contributed by atoms with Crippen LogP contribution in [0.4, 0.5) is 0 Å². The number of hydrogen-bond donors (Lipinski definition) is 0. The van der Waals surface area contributed by atoms with Crippen LogP contribution >= 0.6 is 0 Å². The molecule has 1 unspecified atom stereocenters. The van der Waals surface area contributed by atoms with Crippen molar-refractivity contribution in [2.45, 2.75) is 271 Å². The molecular weight excluding hydrogens is 877 g/mol. The third-order valence-electron chi connectivity index (χ3n) is 12.3. The zero-order valence-corrected chi connectivity index (χ0v) is 46.2. The van der Waals surface area contributed by atoms with Crippen molar-refractivity contribution in [3.05, 3.63) is 109 Å². The molecule has 6 nitrogen and oxygen atoms in total. The first kappa shape index (κ1) is 67.1. The maximum Gasteiger partial charge on any atom is 0.306 e. The van der Waals surface area contributed by atoms with E-state index in [1.54, 1.807) is 0 Å². The van der Waals surface area contributed by atoms with Gasteiger partial charge in [0.25, 0.3) is 0 Å². The van der Waals surface area contributed by atoms with Crippen LogP contribution in [0.1, 0.15) is 265 Å². The predicted octanol–water partition coefficient (Wildman–Crippen LogP) is 19.9. The van der Waals surface area contributed by atoms with E-state index >= 15 is 0 Å². The molecule has 1 atom stereocenters. The SMILES string of the molecule is CC/C=C\C/C=C\C/C=C\C/C=C\C/C=C\C/C=C\C/C=C\C/C=C\C/C=C\CCCCCCCC(=O)OCC(COC(=O)CCCCCCC)OC(=O)CCCCCCCCCCCCCCCCC. The quantitative estimate of drug-likeness (QED) is 0.0261. The van der Waals surface area contributed by atoms with Gasteiger partial charge in [-0.1, -0.05) is 265 Å². The van der Waals surface area contributed by atoms with Gasteiger partial charge in [0.15, 0.2) is 6.10 Å². The molecule has 0 fully saturated rings. The van der Waals surface area contributed by atoms with Crippen LogP contribution in [0, 0.1) is 0 Å². The summed E-state index contributed by atoms with van der Waals surface area (Å²) in [6.07, 6.45) is 79.9. The third kappa shape index (κ3) is 56.9. The Morgan fingerprint density at radius 1 is 0.296 bits per heavy atom. The van der Waals surface area contributed by atoms with Crippen molar-refractivity contribution in [1.29, 1.82) is 0 Å². The van der Waals surface area contributed by atoms with Crippen molar-refractivity contribution in [3.8, 4) is 0 Å². The van der Waals surface area contributed by atoms with Gasteiger partial charge in [-0.15, -0.1) is 0 Å². The number of unbranched alkanes of at least 4 members (excludes halogenated alkanes) is 23. The fourth-order valence-electron chi connectivity index (χ4n) is 7.91. The second-order valence-corrected chi connectivity index (χ2v) is 19.2. The first-order valence-electron chi connectivity index (χ1n) is 29.4. The molecule has 0 heterocycles. The van der Waals surface area contributed by atoms with Gasteiger partial charge in [0.1, 0.15) is 13.2 Å². The molecule has 6 heteroatoms. The number of carbonyl (C=O) groups is 3. The van der Waals surface area contributed by atoms with Crippen LogP contribution in [-0.4, -0.2) is 37.2 Å². The summed E-state index contributed by atoms with van der Waals surface area (Å²) in [5.41, 5.74) is 0. The van der Waals surface area contributed by atoms with Gasteiger partial charge in [-0.3, -0.25) is 14.4 Å². The molecule has 0 aliphatic heterocycles. The Labute approximate surface area is 438 Å². The Kier molecular flexibility index (Phi) is 55.4. The number of ether oxygens (including phenoxy) is 3. The summed E-state index contributed by atoms with van der Waals surface area (Å²) in [6, 6.07) is 0. The highest BCUT2D eigenvalue weighted by Crippen LogP contribution is 2.15. The lowest BCUT2D eigenvalue weighted by Gasteiger charge is -2.18. The van der Waals surface area contributed by atoms with E-state index in [9.17, 15) is 14.4 Å². The van der Waals surface area contributed by atoms with Crippen LogP contribution in [0.3, 0.4) is 0 Å². The van der Waals surface area contributed by atoms with Crippen molar-refractivity contribution in [2.75, 3.05) is 13.2 Å². The number of hydrogen-bond acceptors (Lipinski definition) is 6. The average molecular weight is 986 g/mol. The summed E-state index contributed by atoms with van der Waals surface area (Å²) in [4.78, 5) is 37.8. The Morgan fingerprint density at radius 3 is 0.859 bits per heavy atom. The van der Waals surface area contributed by atoms with E-state index < -0.39 is 6.10 Å². The van der Waals surface area contributed by atoms with Crippen molar-refractivity contribution in [2.24, 2.45) is 0 Å². The zero-order chi connectivity index (χ0) is 51.4. The minimum atomic E-state index is -0.781. The van der Waals surface area contributed by atoms with Crippen LogP contribution in [-0.2, 0) is 28.6 Å². The Morgan fingerprint density at radius 2 is 0.549 bits per heavy atom. The van der Waals surface area contributed by atoms with E-state index in [1.807, 2.05) is 0 Å². The standard InChI is InChI=1S/C65H108O6/c1-4-7-10-13-15-17-19-21-23-24-25-26-27-28-29-30-31-32-33-34-35-36-37-38-39-40-42-43-45-47-49-52-55-58-64(67)70-61-62(60-69-63(66)57-54-51-12-9-6-3)71-65(68)59-56-53-50-48-46-44-41-22-20-18-16-14-11-8-5-2/h7,10,15,17,21,23,25-26,28-29,31-32,34-35,37-38,40,42,62H,4-6,8-9,11-14,16,18-20,22,24,27,30,33,36,39,41,43-61H2,1-3H3/b10-7-,17-15-,23-21-,26-25-,29-28-,32-31-,35-34-,38-37-,42-40-. The van der Waals surface area contributed by atoms with Crippen LogP contribution in [0.15, 0.2) is 109 Å². The predicted molar refractivity (Wildman–Crippen MR) is 307 cm³/mol. The normalized spacial score (nSPS) is 12.9. The van der Waals surface area contributed by atoms with Gasteiger partial charge in [-0.25, -0.2) is 0 Å². The van der Waals surface area contributed by atoms with E-state index in [4.69, 9.17) is 14.2 Å². The lowest BCUT2D eigenvalue weighted by molar-refractivity contribution is -0.167. The first-order chi connectivity index (χ1) is 35.0. The number of allylic oxidation sites excluding steroid dienone is 18. The topological polar surface area (TPSA) is 78.9 Å². The van der Waals surface area contributed by atoms with E-state index in [0.717, 1.165) is 141 Å². The van der Waals surface area contributed by atoms with Crippen LogP contribution in [0.5, 0.6) is 0 Å². The molecule has 0 aromatic heterocycles. The van der Waals surface area contributed by atoms with Crippen LogP contribution < -0.4 is 0 Å². The van der Waals surface area contributed by atoms with Crippen LogP contribution in [0.2, 0.25) is 0 Å². The molecule has 0 N–H and O–H groups in total. The number of esters is 3. The number of carbonyl (C=O) groups excluding carboxylic acids is 3. The molecule has 404 valence electrons. The molecule has 0 aliphatic carbocycles. The fraction of sp³-hybridized carbons (Fsp3) is 0.677. The molecule has 0 spiro atoms. The second kappa shape index (κ2) is 58.6. The summed E-state index contributed by atoms with van der Waals surface area (Å²) in [5, 5.41) is 0. The smallest absolute Gasteiger partial charge is 0.306 e. The van der Waals surface area contributed by atoms with E-state index in [1.165, 1.54) is 83.5 Å². The molecule has 0 amide bonds. The Hall–Kier alpha value is -3.93. The highest BCUT2D eigenvalue weighted by atomic mass is 16.6. The summed E-state index contributed by atoms with van der Waals surface area (Å²) in [6.45, 7) is 6.43. The maximum absolute atomic E-state index is 12.8. The summed E-state index contributed by atoms with van der Waals surface area (Å²) in [7, 11) is 0. The number of rotatable bonds is 52. The van der Waals surface area contributed by atoms with E-state index in [0.29, 0.717) is 19.3 Å². The monoisotopic (exact) mass is 985 g/mol. The zero-order valence-electron chi connectivity index (χ0n) is 46.2. The Bertz CT molecular complexity index is 1460. The molecule has 0 saturated carbocycles. The average Bonchev–Trinajstić information content (AvgIpc) is 3.37. The minimum Gasteiger partial charge on any atom is -0.462 e. The maximum atomic E-state index is 12.8. The molecule has 0 saturated heterocycles. The lowest BCUT2D eigenvalue weighted by Crippen LogP contribution is -2.30. The minimum absolute atomic E-state index is 0.0833. The Balaban J connectivity index is 4.11. The summed E-state index contributed by atoms with van der Waals surface area (Å²) >= 11 is 0. The van der Waals surface area contributed by atoms with Gasteiger partial charge in [0.05, 0.1) is 0 Å². The molecule has 0 bridgehead atoms. The molecule has 71 heavy (non-hydrogen) atoms. The van der Waals surface area contributed by atoms with Gasteiger partial charge in [-0.05, 0) is 89.9 Å². The van der Waals surface area contributed by atoms with Gasteiger partial charge in [-0.2, -0.15) is 0 Å². The first-order valence-corrected chi connectivity index (χ1v) is 29.4. The molecule has 0 aliphatic rings. The molecular formula is C65H108O6. The molecule has 0 aromatic carbocycles. The highest BCUT2D eigenvalue weighted by molar-refractivity contribution is 5.71. The highest BCUT2D eigenvalue weighted by Gasteiger charge is 2.19. The van der Waals surface area contributed by atoms with Crippen molar-refractivity contribution in [1.82, 2.24) is 0 Å². The fourth-order valence-corrected chi connectivity index (χ4v) is 7.91. The lowest BCUT2D eigenvalue weighted by atomic mass is 10.0. The van der Waals surface area contributed by atoms with Crippen molar-refractivity contribution in [3.63, 3.8) is 0 Å². The summed E-state index contributed by atoms with van der Waals surface area (Å²) < 4.78 is 16.7. The van der Waals surface area contributed by atoms with E-state index in [2.05, 4.69) is 130 Å². The van der Waals surface area contributed by atoms with Gasteiger partial charge in [0.2, 0.25) is 0 Å². The molecule has 0 radical (unpaired) electrons. The van der Waals surface area contributed by atoms with Crippen molar-refractivity contribution >= 4 is 17.9 Å². The van der Waals surface area contributed by atoms with Gasteiger partial charge >= 0.3 is 17.9 Å².